The Morgan fingerprint density at radius 2 is 2.16 bits per heavy atom. The highest BCUT2D eigenvalue weighted by Gasteiger charge is 2.20. The molecule has 0 aromatic heterocycles. The van der Waals surface area contributed by atoms with E-state index in [2.05, 4.69) is 17.6 Å². The predicted octanol–water partition coefficient (Wildman–Crippen LogP) is 2.48. The number of nitrogens with zero attached hydrogens (tertiary/aromatic N) is 1. The van der Waals surface area contributed by atoms with Crippen LogP contribution in [-0.2, 0) is 4.79 Å². The Morgan fingerprint density at radius 1 is 1.47 bits per heavy atom. The molecule has 0 saturated heterocycles. The molecule has 3 unspecified atom stereocenters. The fourth-order valence-electron chi connectivity index (χ4n) is 2.31. The van der Waals surface area contributed by atoms with Crippen molar-refractivity contribution < 1.29 is 4.79 Å². The van der Waals surface area contributed by atoms with Gasteiger partial charge in [-0.3, -0.25) is 4.79 Å². The molecule has 1 aliphatic rings. The predicted molar refractivity (Wildman–Crippen MR) is 76.1 cm³/mol. The first kappa shape index (κ1) is 15.6. The molecule has 0 heterocycles. The quantitative estimate of drug-likeness (QED) is 0.591. The van der Waals surface area contributed by atoms with Gasteiger partial charge in [0, 0.05) is 18.3 Å². The number of nitrogens with one attached hydrogen (secondary N) is 2. The van der Waals surface area contributed by atoms with Gasteiger partial charge >= 0.3 is 0 Å². The molecule has 0 radical (unpaired) electrons. The Kier molecular flexibility index (Phi) is 6.41. The third-order valence-electron chi connectivity index (χ3n) is 3.91. The first-order chi connectivity index (χ1) is 9.08. The van der Waals surface area contributed by atoms with Crippen molar-refractivity contribution in [1.82, 2.24) is 10.6 Å². The highest BCUT2D eigenvalue weighted by Crippen LogP contribution is 2.23. The highest BCUT2D eigenvalue weighted by molar-refractivity contribution is 5.97. The van der Waals surface area contributed by atoms with Gasteiger partial charge in [0.05, 0.1) is 0 Å². The summed E-state index contributed by atoms with van der Waals surface area (Å²) in [6, 6.07) is 2.45. The van der Waals surface area contributed by atoms with E-state index in [4.69, 9.17) is 5.26 Å². The summed E-state index contributed by atoms with van der Waals surface area (Å²) in [7, 11) is 0. The van der Waals surface area contributed by atoms with Gasteiger partial charge in [0.15, 0.2) is 0 Å². The molecule has 3 atom stereocenters. The summed E-state index contributed by atoms with van der Waals surface area (Å²) in [5.74, 6) is 0.315. The lowest BCUT2D eigenvalue weighted by Crippen LogP contribution is -2.36. The van der Waals surface area contributed by atoms with Crippen molar-refractivity contribution in [2.75, 3.05) is 0 Å². The third-order valence-corrected chi connectivity index (χ3v) is 3.91. The van der Waals surface area contributed by atoms with Gasteiger partial charge < -0.3 is 10.6 Å². The largest absolute Gasteiger partial charge is 0.387 e. The van der Waals surface area contributed by atoms with Gasteiger partial charge in [-0.15, -0.1) is 0 Å². The fraction of sp³-hybridized carbons (Fsp3) is 0.733. The van der Waals surface area contributed by atoms with E-state index in [9.17, 15) is 4.79 Å². The zero-order valence-electron chi connectivity index (χ0n) is 12.2. The number of carbonyl (C=O) groups is 1. The summed E-state index contributed by atoms with van der Waals surface area (Å²) in [6.45, 7) is 6.15. The molecule has 4 heteroatoms. The monoisotopic (exact) mass is 263 g/mol. The molecule has 1 rings (SSSR count). The summed E-state index contributed by atoms with van der Waals surface area (Å²) < 4.78 is 0. The van der Waals surface area contributed by atoms with Gasteiger partial charge in [0.25, 0.3) is 5.91 Å². The first-order valence-corrected chi connectivity index (χ1v) is 7.25. The van der Waals surface area contributed by atoms with Crippen molar-refractivity contribution in [2.45, 2.75) is 65.0 Å². The minimum atomic E-state index is -0.284. The average molecular weight is 263 g/mol. The van der Waals surface area contributed by atoms with E-state index in [1.807, 2.05) is 19.9 Å². The minimum absolute atomic E-state index is 0.0952. The number of nitriles is 1. The SMILES string of the molecule is CCC(C)NC(=O)/C(C#N)=C\NC1CCCCC1C. The number of carbonyl (C=O) groups excluding carboxylic acids is 1. The maximum absolute atomic E-state index is 11.9. The molecule has 19 heavy (non-hydrogen) atoms. The number of amides is 1. The molecule has 0 aromatic carbocycles. The van der Waals surface area contributed by atoms with Crippen LogP contribution in [0.4, 0.5) is 0 Å². The van der Waals surface area contributed by atoms with Crippen molar-refractivity contribution >= 4 is 5.91 Å². The molecular weight excluding hydrogens is 238 g/mol. The van der Waals surface area contributed by atoms with Crippen LogP contribution in [0.25, 0.3) is 0 Å². The van der Waals surface area contributed by atoms with Crippen molar-refractivity contribution in [1.29, 1.82) is 5.26 Å². The number of hydrogen-bond donors (Lipinski definition) is 2. The van der Waals surface area contributed by atoms with E-state index in [1.54, 1.807) is 6.20 Å². The Balaban J connectivity index is 2.56. The van der Waals surface area contributed by atoms with Crippen molar-refractivity contribution in [2.24, 2.45) is 5.92 Å². The van der Waals surface area contributed by atoms with Crippen molar-refractivity contribution in [3.05, 3.63) is 11.8 Å². The van der Waals surface area contributed by atoms with Crippen LogP contribution in [0.1, 0.15) is 52.9 Å². The van der Waals surface area contributed by atoms with Gasteiger partial charge in [-0.05, 0) is 32.1 Å². The molecule has 0 bridgehead atoms. The lowest BCUT2D eigenvalue weighted by molar-refractivity contribution is -0.117. The molecule has 0 spiro atoms. The average Bonchev–Trinajstić information content (AvgIpc) is 2.41. The smallest absolute Gasteiger partial charge is 0.263 e. The molecule has 1 amide bonds. The molecule has 106 valence electrons. The topological polar surface area (TPSA) is 64.9 Å². The number of hydrogen-bond acceptors (Lipinski definition) is 3. The Morgan fingerprint density at radius 3 is 2.74 bits per heavy atom. The van der Waals surface area contributed by atoms with E-state index in [1.165, 1.54) is 19.3 Å². The third kappa shape index (κ3) is 4.94. The summed E-state index contributed by atoms with van der Waals surface area (Å²) in [6.07, 6.45) is 7.27. The molecule has 0 aromatic rings. The molecule has 1 saturated carbocycles. The van der Waals surface area contributed by atoms with Crippen LogP contribution in [0.3, 0.4) is 0 Å². The van der Waals surface area contributed by atoms with Gasteiger partial charge in [0.1, 0.15) is 11.6 Å². The lowest BCUT2D eigenvalue weighted by atomic mass is 9.86. The second kappa shape index (κ2) is 7.83. The van der Waals surface area contributed by atoms with Crippen LogP contribution in [-0.4, -0.2) is 18.0 Å². The van der Waals surface area contributed by atoms with E-state index < -0.39 is 0 Å². The summed E-state index contributed by atoms with van der Waals surface area (Å²) in [5.41, 5.74) is 0.165. The zero-order chi connectivity index (χ0) is 14.3. The standard InChI is InChI=1S/C15H25N3O/c1-4-12(3)18-15(19)13(9-16)10-17-14-8-6-5-7-11(14)2/h10-12,14,17H,4-8H2,1-3H3,(H,18,19)/b13-10-. The van der Waals surface area contributed by atoms with Crippen LogP contribution in [0.5, 0.6) is 0 Å². The van der Waals surface area contributed by atoms with Crippen LogP contribution in [0.15, 0.2) is 11.8 Å². The maximum Gasteiger partial charge on any atom is 0.263 e. The van der Waals surface area contributed by atoms with Gasteiger partial charge in [-0.2, -0.15) is 5.26 Å². The van der Waals surface area contributed by atoms with Crippen LogP contribution < -0.4 is 10.6 Å². The van der Waals surface area contributed by atoms with Crippen LogP contribution >= 0.6 is 0 Å². The van der Waals surface area contributed by atoms with E-state index in [0.29, 0.717) is 12.0 Å². The summed E-state index contributed by atoms with van der Waals surface area (Å²) >= 11 is 0. The summed E-state index contributed by atoms with van der Waals surface area (Å²) in [4.78, 5) is 11.9. The first-order valence-electron chi connectivity index (χ1n) is 7.25. The normalized spacial score (nSPS) is 25.3. The van der Waals surface area contributed by atoms with Crippen molar-refractivity contribution in [3.8, 4) is 6.07 Å². The fourth-order valence-corrected chi connectivity index (χ4v) is 2.31. The Labute approximate surface area is 116 Å². The lowest BCUT2D eigenvalue weighted by Gasteiger charge is -2.29. The van der Waals surface area contributed by atoms with Gasteiger partial charge in [-0.25, -0.2) is 0 Å². The Bertz CT molecular complexity index is 370. The van der Waals surface area contributed by atoms with E-state index in [0.717, 1.165) is 12.8 Å². The minimum Gasteiger partial charge on any atom is -0.387 e. The second-order valence-corrected chi connectivity index (χ2v) is 5.49. The zero-order valence-corrected chi connectivity index (χ0v) is 12.2. The van der Waals surface area contributed by atoms with Crippen LogP contribution in [0, 0.1) is 17.2 Å². The van der Waals surface area contributed by atoms with E-state index in [-0.39, 0.29) is 17.5 Å². The molecule has 1 fully saturated rings. The molecule has 0 aliphatic heterocycles. The maximum atomic E-state index is 11.9. The molecular formula is C15H25N3O. The van der Waals surface area contributed by atoms with Gasteiger partial charge in [0.2, 0.25) is 0 Å². The molecule has 1 aliphatic carbocycles. The second-order valence-electron chi connectivity index (χ2n) is 5.49. The number of rotatable bonds is 5. The summed E-state index contributed by atoms with van der Waals surface area (Å²) in [5, 5.41) is 15.1. The van der Waals surface area contributed by atoms with Crippen LogP contribution in [0.2, 0.25) is 0 Å². The van der Waals surface area contributed by atoms with Crippen molar-refractivity contribution in [3.63, 3.8) is 0 Å². The molecule has 2 N–H and O–H groups in total. The van der Waals surface area contributed by atoms with E-state index >= 15 is 0 Å². The Hall–Kier alpha value is -1.50. The molecule has 4 nitrogen and oxygen atoms in total. The highest BCUT2D eigenvalue weighted by atomic mass is 16.1. The van der Waals surface area contributed by atoms with Gasteiger partial charge in [-0.1, -0.05) is 26.7 Å².